The molecule has 0 radical (unpaired) electrons. The second-order valence-corrected chi connectivity index (χ2v) is 7.13. The van der Waals surface area contributed by atoms with Crippen molar-refractivity contribution in [3.8, 4) is 22.4 Å². The first-order valence-electron chi connectivity index (χ1n) is 9.17. The number of nitrogens with two attached hydrogens (primary N) is 1. The number of pyridine rings is 2. The molecule has 0 atom stereocenters. The molecule has 0 aliphatic heterocycles. The Bertz CT molecular complexity index is 995. The average molecular weight is 358 g/mol. The summed E-state index contributed by atoms with van der Waals surface area (Å²) in [5, 5.41) is 2.89. The van der Waals surface area contributed by atoms with Crippen molar-refractivity contribution in [3.63, 3.8) is 0 Å². The summed E-state index contributed by atoms with van der Waals surface area (Å²) in [6, 6.07) is 13.7. The van der Waals surface area contributed by atoms with Crippen LogP contribution in [0.25, 0.3) is 22.4 Å². The Labute approximate surface area is 158 Å². The Morgan fingerprint density at radius 2 is 1.85 bits per heavy atom. The minimum atomic E-state index is 0.0271. The summed E-state index contributed by atoms with van der Waals surface area (Å²) in [6.07, 6.45) is 6.37. The lowest BCUT2D eigenvalue weighted by Crippen LogP contribution is -2.12. The molecule has 136 valence electrons. The van der Waals surface area contributed by atoms with Gasteiger partial charge < -0.3 is 11.1 Å². The van der Waals surface area contributed by atoms with Crippen molar-refractivity contribution in [2.45, 2.75) is 26.2 Å². The summed E-state index contributed by atoms with van der Waals surface area (Å²) in [7, 11) is 0. The standard InChI is InChI=1S/C22H22N4O/c1-14-2-5-18(23)13-19(14)16-6-8-24-20(11-16)17-7-9-25-21(12-17)26-22(27)10-15-3-4-15/h2,5-9,11-13,15H,3-4,10,23H2,1H3,(H,25,26,27). The molecule has 0 unspecified atom stereocenters. The van der Waals surface area contributed by atoms with Gasteiger partial charge in [0.2, 0.25) is 5.91 Å². The third-order valence-electron chi connectivity index (χ3n) is 4.83. The number of carbonyl (C=O) groups excluding carboxylic acids is 1. The second-order valence-electron chi connectivity index (χ2n) is 7.13. The van der Waals surface area contributed by atoms with Gasteiger partial charge in [-0.05, 0) is 78.8 Å². The van der Waals surface area contributed by atoms with Crippen LogP contribution in [0.5, 0.6) is 0 Å². The normalized spacial score (nSPS) is 13.4. The molecule has 0 spiro atoms. The summed E-state index contributed by atoms with van der Waals surface area (Å²) in [5.74, 6) is 1.14. The van der Waals surface area contributed by atoms with Gasteiger partial charge in [-0.3, -0.25) is 9.78 Å². The number of benzene rings is 1. The number of amides is 1. The van der Waals surface area contributed by atoms with E-state index >= 15 is 0 Å². The van der Waals surface area contributed by atoms with E-state index in [0.717, 1.165) is 46.5 Å². The van der Waals surface area contributed by atoms with Crippen LogP contribution in [-0.4, -0.2) is 15.9 Å². The van der Waals surface area contributed by atoms with Gasteiger partial charge in [-0.1, -0.05) is 6.07 Å². The molecule has 0 bridgehead atoms. The van der Waals surface area contributed by atoms with Crippen molar-refractivity contribution in [1.29, 1.82) is 0 Å². The van der Waals surface area contributed by atoms with Crippen LogP contribution in [0.4, 0.5) is 11.5 Å². The van der Waals surface area contributed by atoms with Gasteiger partial charge in [0, 0.05) is 30.1 Å². The second kappa shape index (κ2) is 7.19. The zero-order valence-corrected chi connectivity index (χ0v) is 15.3. The highest BCUT2D eigenvalue weighted by Crippen LogP contribution is 2.33. The van der Waals surface area contributed by atoms with Gasteiger partial charge in [0.15, 0.2) is 0 Å². The van der Waals surface area contributed by atoms with Crippen LogP contribution in [-0.2, 0) is 4.79 Å². The van der Waals surface area contributed by atoms with E-state index in [1.807, 2.05) is 42.5 Å². The molecule has 3 aromatic rings. The smallest absolute Gasteiger partial charge is 0.225 e. The fourth-order valence-electron chi connectivity index (χ4n) is 3.14. The van der Waals surface area contributed by atoms with Crippen LogP contribution < -0.4 is 11.1 Å². The molecule has 1 saturated carbocycles. The molecule has 2 aromatic heterocycles. The molecule has 4 rings (SSSR count). The third-order valence-corrected chi connectivity index (χ3v) is 4.83. The molecule has 1 aromatic carbocycles. The average Bonchev–Trinajstić information content (AvgIpc) is 3.48. The number of aromatic nitrogens is 2. The molecule has 5 nitrogen and oxygen atoms in total. The lowest BCUT2D eigenvalue weighted by Gasteiger charge is -2.10. The fraction of sp³-hybridized carbons (Fsp3) is 0.227. The van der Waals surface area contributed by atoms with Crippen LogP contribution in [0.3, 0.4) is 0 Å². The maximum atomic E-state index is 12.0. The molecule has 1 aliphatic rings. The molecule has 2 heterocycles. The Morgan fingerprint density at radius 1 is 1.07 bits per heavy atom. The Morgan fingerprint density at radius 3 is 2.67 bits per heavy atom. The number of aryl methyl sites for hydroxylation is 1. The molecule has 1 amide bonds. The van der Waals surface area contributed by atoms with Gasteiger partial charge in [0.25, 0.3) is 0 Å². The summed E-state index contributed by atoms with van der Waals surface area (Å²) < 4.78 is 0. The lowest BCUT2D eigenvalue weighted by molar-refractivity contribution is -0.116. The molecular weight excluding hydrogens is 336 g/mol. The maximum Gasteiger partial charge on any atom is 0.225 e. The number of nitrogen functional groups attached to an aromatic ring is 1. The maximum absolute atomic E-state index is 12.0. The van der Waals surface area contributed by atoms with E-state index in [4.69, 9.17) is 5.73 Å². The molecule has 1 aliphatic carbocycles. The van der Waals surface area contributed by atoms with E-state index in [1.54, 1.807) is 12.4 Å². The minimum absolute atomic E-state index is 0.0271. The van der Waals surface area contributed by atoms with E-state index in [1.165, 1.54) is 0 Å². The van der Waals surface area contributed by atoms with Crippen LogP contribution in [0.15, 0.2) is 54.9 Å². The van der Waals surface area contributed by atoms with Crippen LogP contribution >= 0.6 is 0 Å². The highest BCUT2D eigenvalue weighted by atomic mass is 16.1. The number of anilines is 2. The number of nitrogens with zero attached hydrogens (tertiary/aromatic N) is 2. The topological polar surface area (TPSA) is 80.9 Å². The highest BCUT2D eigenvalue weighted by Gasteiger charge is 2.24. The van der Waals surface area contributed by atoms with Gasteiger partial charge in [0.1, 0.15) is 5.82 Å². The quantitative estimate of drug-likeness (QED) is 0.661. The number of rotatable bonds is 5. The predicted octanol–water partition coefficient (Wildman–Crippen LogP) is 4.44. The number of carbonyl (C=O) groups is 1. The summed E-state index contributed by atoms with van der Waals surface area (Å²) in [5.41, 5.74) is 11.7. The Kier molecular flexibility index (Phi) is 4.59. The largest absolute Gasteiger partial charge is 0.399 e. The molecule has 0 saturated heterocycles. The molecule has 5 heteroatoms. The van der Waals surface area contributed by atoms with E-state index in [9.17, 15) is 4.79 Å². The van der Waals surface area contributed by atoms with Crippen molar-refractivity contribution >= 4 is 17.4 Å². The van der Waals surface area contributed by atoms with E-state index in [2.05, 4.69) is 22.2 Å². The first-order valence-corrected chi connectivity index (χ1v) is 9.17. The van der Waals surface area contributed by atoms with Gasteiger partial charge in [0.05, 0.1) is 5.69 Å². The Balaban J connectivity index is 1.61. The van der Waals surface area contributed by atoms with Crippen molar-refractivity contribution in [2.75, 3.05) is 11.1 Å². The van der Waals surface area contributed by atoms with Gasteiger partial charge in [-0.15, -0.1) is 0 Å². The first-order chi connectivity index (χ1) is 13.1. The lowest BCUT2D eigenvalue weighted by atomic mass is 9.99. The van der Waals surface area contributed by atoms with E-state index < -0.39 is 0 Å². The Hall–Kier alpha value is -3.21. The first kappa shape index (κ1) is 17.2. The summed E-state index contributed by atoms with van der Waals surface area (Å²) >= 11 is 0. The molecule has 27 heavy (non-hydrogen) atoms. The zero-order valence-electron chi connectivity index (χ0n) is 15.3. The van der Waals surface area contributed by atoms with Gasteiger partial charge in [-0.2, -0.15) is 0 Å². The van der Waals surface area contributed by atoms with Crippen molar-refractivity contribution in [2.24, 2.45) is 5.92 Å². The zero-order chi connectivity index (χ0) is 18.8. The highest BCUT2D eigenvalue weighted by molar-refractivity contribution is 5.90. The van der Waals surface area contributed by atoms with Gasteiger partial charge in [-0.25, -0.2) is 4.98 Å². The van der Waals surface area contributed by atoms with Crippen LogP contribution in [0.1, 0.15) is 24.8 Å². The number of hydrogen-bond donors (Lipinski definition) is 2. The van der Waals surface area contributed by atoms with Crippen molar-refractivity contribution in [1.82, 2.24) is 9.97 Å². The number of hydrogen-bond acceptors (Lipinski definition) is 4. The predicted molar refractivity (Wildman–Crippen MR) is 108 cm³/mol. The third kappa shape index (κ3) is 4.14. The van der Waals surface area contributed by atoms with E-state index in [0.29, 0.717) is 18.2 Å². The summed E-state index contributed by atoms with van der Waals surface area (Å²) in [4.78, 5) is 20.8. The molecule has 3 N–H and O–H groups in total. The minimum Gasteiger partial charge on any atom is -0.399 e. The molecule has 1 fully saturated rings. The van der Waals surface area contributed by atoms with Crippen molar-refractivity contribution < 1.29 is 4.79 Å². The van der Waals surface area contributed by atoms with Crippen LogP contribution in [0.2, 0.25) is 0 Å². The van der Waals surface area contributed by atoms with Crippen molar-refractivity contribution in [3.05, 3.63) is 60.4 Å². The summed E-state index contributed by atoms with van der Waals surface area (Å²) in [6.45, 7) is 2.06. The fourth-order valence-corrected chi connectivity index (χ4v) is 3.14. The van der Waals surface area contributed by atoms with Gasteiger partial charge >= 0.3 is 0 Å². The number of nitrogens with one attached hydrogen (secondary N) is 1. The van der Waals surface area contributed by atoms with Crippen LogP contribution in [0, 0.1) is 12.8 Å². The molecular formula is C22H22N4O. The monoisotopic (exact) mass is 358 g/mol. The van der Waals surface area contributed by atoms with E-state index in [-0.39, 0.29) is 5.91 Å². The SMILES string of the molecule is Cc1ccc(N)cc1-c1ccnc(-c2ccnc(NC(=O)CC3CC3)c2)c1.